The van der Waals surface area contributed by atoms with Gasteiger partial charge in [0.15, 0.2) is 0 Å². The van der Waals surface area contributed by atoms with Crippen molar-refractivity contribution in [1.29, 1.82) is 0 Å². The minimum absolute atomic E-state index is 0.0295. The summed E-state index contributed by atoms with van der Waals surface area (Å²) in [7, 11) is 0. The van der Waals surface area contributed by atoms with Crippen molar-refractivity contribution in [3.05, 3.63) is 34.9 Å². The summed E-state index contributed by atoms with van der Waals surface area (Å²) in [5.74, 6) is 0. The zero-order chi connectivity index (χ0) is 17.8. The summed E-state index contributed by atoms with van der Waals surface area (Å²) in [6.45, 7) is 6.45. The molecule has 1 aliphatic carbocycles. The Balaban J connectivity index is 1.56. The number of nitrogens with one attached hydrogen (secondary N) is 1. The van der Waals surface area contributed by atoms with E-state index in [2.05, 4.69) is 31.3 Å². The van der Waals surface area contributed by atoms with Crippen LogP contribution in [0.15, 0.2) is 24.3 Å². The summed E-state index contributed by atoms with van der Waals surface area (Å²) in [5.41, 5.74) is 1.94. The fourth-order valence-electron chi connectivity index (χ4n) is 4.80. The van der Waals surface area contributed by atoms with Crippen molar-refractivity contribution in [3.8, 4) is 0 Å². The van der Waals surface area contributed by atoms with Gasteiger partial charge in [-0.1, -0.05) is 43.0 Å². The van der Waals surface area contributed by atoms with Crippen molar-refractivity contribution in [3.63, 3.8) is 0 Å². The number of hydrogen-bond acceptors (Lipinski definition) is 2. The normalized spacial score (nSPS) is 25.6. The number of ether oxygens (including phenoxy) is 1. The molecule has 0 radical (unpaired) electrons. The maximum Gasteiger partial charge on any atom is 0.0641 e. The molecule has 1 aromatic carbocycles. The zero-order valence-electron chi connectivity index (χ0n) is 16.0. The third-order valence-electron chi connectivity index (χ3n) is 6.19. The van der Waals surface area contributed by atoms with E-state index >= 15 is 0 Å². The Morgan fingerprint density at radius 2 is 1.84 bits per heavy atom. The summed E-state index contributed by atoms with van der Waals surface area (Å²) >= 11 is 6.06. The molecule has 2 nitrogen and oxygen atoms in total. The SMILES string of the molecule is CC1(C)CC(NCCC2(Cc3ccc(Cl)cc3)CCCCC2)CCO1. The highest BCUT2D eigenvalue weighted by molar-refractivity contribution is 6.30. The summed E-state index contributed by atoms with van der Waals surface area (Å²) in [6.07, 6.45) is 11.7. The van der Waals surface area contributed by atoms with Gasteiger partial charge in [-0.2, -0.15) is 0 Å². The molecule has 0 bridgehead atoms. The molecule has 1 saturated heterocycles. The highest BCUT2D eigenvalue weighted by atomic mass is 35.5. The number of rotatable bonds is 6. The quantitative estimate of drug-likeness (QED) is 0.692. The third-order valence-corrected chi connectivity index (χ3v) is 6.44. The minimum Gasteiger partial charge on any atom is -0.375 e. The average molecular weight is 364 g/mol. The van der Waals surface area contributed by atoms with Crippen LogP contribution in [0.3, 0.4) is 0 Å². The molecule has 3 heteroatoms. The molecule has 0 aromatic heterocycles. The molecule has 0 spiro atoms. The Morgan fingerprint density at radius 3 is 2.52 bits per heavy atom. The summed E-state index contributed by atoms with van der Waals surface area (Å²) in [6, 6.07) is 9.12. The molecular weight excluding hydrogens is 330 g/mol. The lowest BCUT2D eigenvalue weighted by Crippen LogP contribution is -2.44. The van der Waals surface area contributed by atoms with E-state index in [9.17, 15) is 0 Å². The van der Waals surface area contributed by atoms with Crippen molar-refractivity contribution in [1.82, 2.24) is 5.32 Å². The van der Waals surface area contributed by atoms with Gasteiger partial charge in [-0.3, -0.25) is 0 Å². The van der Waals surface area contributed by atoms with Gasteiger partial charge in [0.1, 0.15) is 0 Å². The predicted molar refractivity (Wildman–Crippen MR) is 106 cm³/mol. The lowest BCUT2D eigenvalue weighted by molar-refractivity contribution is -0.0631. The summed E-state index contributed by atoms with van der Waals surface area (Å²) in [5, 5.41) is 4.68. The largest absolute Gasteiger partial charge is 0.375 e. The van der Waals surface area contributed by atoms with Crippen molar-refractivity contribution in [2.75, 3.05) is 13.2 Å². The Labute approximate surface area is 158 Å². The Bertz CT molecular complexity index is 533. The Hall–Kier alpha value is -0.570. The molecule has 1 N–H and O–H groups in total. The minimum atomic E-state index is 0.0295. The van der Waals surface area contributed by atoms with Gasteiger partial charge in [0.2, 0.25) is 0 Å². The molecule has 1 aromatic rings. The molecule has 1 heterocycles. The van der Waals surface area contributed by atoms with E-state index in [1.165, 1.54) is 50.5 Å². The van der Waals surface area contributed by atoms with Crippen LogP contribution in [-0.4, -0.2) is 24.8 Å². The molecular formula is C22H34ClNO. The zero-order valence-corrected chi connectivity index (χ0v) is 16.7. The van der Waals surface area contributed by atoms with Crippen molar-refractivity contribution in [2.45, 2.75) is 83.3 Å². The van der Waals surface area contributed by atoms with Gasteiger partial charge in [-0.25, -0.2) is 0 Å². The van der Waals surface area contributed by atoms with Crippen molar-refractivity contribution in [2.24, 2.45) is 5.41 Å². The van der Waals surface area contributed by atoms with Crippen LogP contribution in [0.25, 0.3) is 0 Å². The number of halogens is 1. The smallest absolute Gasteiger partial charge is 0.0641 e. The third kappa shape index (κ3) is 5.70. The van der Waals surface area contributed by atoms with Crippen molar-refractivity contribution >= 4 is 11.6 Å². The van der Waals surface area contributed by atoms with Gasteiger partial charge in [0.25, 0.3) is 0 Å². The lowest BCUT2D eigenvalue weighted by Gasteiger charge is -2.40. The highest BCUT2D eigenvalue weighted by Gasteiger charge is 2.33. The molecule has 1 saturated carbocycles. The first-order valence-electron chi connectivity index (χ1n) is 10.1. The van der Waals surface area contributed by atoms with Crippen LogP contribution < -0.4 is 5.32 Å². The fraction of sp³-hybridized carbons (Fsp3) is 0.727. The van der Waals surface area contributed by atoms with Gasteiger partial charge in [0, 0.05) is 17.7 Å². The molecule has 2 fully saturated rings. The maximum atomic E-state index is 6.06. The summed E-state index contributed by atoms with van der Waals surface area (Å²) in [4.78, 5) is 0. The van der Waals surface area contributed by atoms with E-state index in [1.807, 2.05) is 12.1 Å². The second-order valence-corrected chi connectivity index (χ2v) is 9.30. The summed E-state index contributed by atoms with van der Waals surface area (Å²) < 4.78 is 5.85. The van der Waals surface area contributed by atoms with E-state index in [4.69, 9.17) is 16.3 Å². The second-order valence-electron chi connectivity index (χ2n) is 8.87. The maximum absolute atomic E-state index is 6.06. The van der Waals surface area contributed by atoms with E-state index in [0.29, 0.717) is 11.5 Å². The molecule has 3 rings (SSSR count). The molecule has 1 aliphatic heterocycles. The number of benzene rings is 1. The highest BCUT2D eigenvalue weighted by Crippen LogP contribution is 2.42. The fourth-order valence-corrected chi connectivity index (χ4v) is 4.93. The standard InChI is InChI=1S/C22H34ClNO/c1-21(2)17-20(10-15-25-21)24-14-13-22(11-4-3-5-12-22)16-18-6-8-19(23)9-7-18/h6-9,20,24H,3-5,10-17H2,1-2H3. The average Bonchev–Trinajstić information content (AvgIpc) is 2.57. The van der Waals surface area contributed by atoms with Crippen LogP contribution in [0.1, 0.15) is 70.8 Å². The molecule has 25 heavy (non-hydrogen) atoms. The molecule has 1 atom stereocenters. The van der Waals surface area contributed by atoms with Crippen LogP contribution in [-0.2, 0) is 11.2 Å². The van der Waals surface area contributed by atoms with Crippen molar-refractivity contribution < 1.29 is 4.74 Å². The molecule has 1 unspecified atom stereocenters. The van der Waals surface area contributed by atoms with E-state index in [1.54, 1.807) is 0 Å². The lowest BCUT2D eigenvalue weighted by atomic mass is 9.68. The Kier molecular flexibility index (Phi) is 6.46. The monoisotopic (exact) mass is 363 g/mol. The first-order chi connectivity index (χ1) is 12.0. The molecule has 2 aliphatic rings. The second kappa shape index (κ2) is 8.41. The molecule has 0 amide bonds. The van der Waals surface area contributed by atoms with Crippen LogP contribution >= 0.6 is 11.6 Å². The topological polar surface area (TPSA) is 21.3 Å². The van der Waals surface area contributed by atoms with Gasteiger partial charge in [0.05, 0.1) is 5.60 Å². The van der Waals surface area contributed by atoms with Gasteiger partial charge >= 0.3 is 0 Å². The van der Waals surface area contributed by atoms with E-state index < -0.39 is 0 Å². The van der Waals surface area contributed by atoms with Gasteiger partial charge in [-0.15, -0.1) is 0 Å². The first kappa shape index (κ1) is 19.2. The Morgan fingerprint density at radius 1 is 1.12 bits per heavy atom. The van der Waals surface area contributed by atoms with Crippen LogP contribution in [0.5, 0.6) is 0 Å². The van der Waals surface area contributed by atoms with Gasteiger partial charge < -0.3 is 10.1 Å². The van der Waals surface area contributed by atoms with Gasteiger partial charge in [-0.05, 0) is 82.0 Å². The molecule has 140 valence electrons. The van der Waals surface area contributed by atoms with Crippen LogP contribution in [0, 0.1) is 5.41 Å². The van der Waals surface area contributed by atoms with Crippen LogP contribution in [0.2, 0.25) is 5.02 Å². The first-order valence-corrected chi connectivity index (χ1v) is 10.5. The van der Waals surface area contributed by atoms with E-state index in [-0.39, 0.29) is 5.60 Å². The predicted octanol–water partition coefficient (Wildman–Crippen LogP) is 5.77. The number of hydrogen-bond donors (Lipinski definition) is 1. The van der Waals surface area contributed by atoms with E-state index in [0.717, 1.165) is 31.0 Å². The van der Waals surface area contributed by atoms with Crippen LogP contribution in [0.4, 0.5) is 0 Å².